The summed E-state index contributed by atoms with van der Waals surface area (Å²) in [4.78, 5) is 20.4. The van der Waals surface area contributed by atoms with Crippen LogP contribution >= 0.6 is 0 Å². The van der Waals surface area contributed by atoms with Crippen LogP contribution in [0.4, 0.5) is 0 Å². The molecule has 4 nitrogen and oxygen atoms in total. The Morgan fingerprint density at radius 2 is 2.00 bits per heavy atom. The third-order valence-corrected chi connectivity index (χ3v) is 4.62. The maximum absolute atomic E-state index is 12.4. The number of likely N-dealkylation sites (tertiary alicyclic amines) is 2. The second kappa shape index (κ2) is 6.35. The van der Waals surface area contributed by atoms with Gasteiger partial charge in [-0.3, -0.25) is 9.78 Å². The molecule has 3 rings (SSSR count). The Morgan fingerprint density at radius 1 is 1.25 bits per heavy atom. The van der Waals surface area contributed by atoms with E-state index >= 15 is 0 Å². The molecule has 1 amide bonds. The summed E-state index contributed by atoms with van der Waals surface area (Å²) in [5.74, 6) is 0.694. The molecule has 1 N–H and O–H groups in total. The Hall–Kier alpha value is -1.42. The number of aromatic nitrogens is 1. The molecule has 3 heterocycles. The van der Waals surface area contributed by atoms with Gasteiger partial charge in [0.25, 0.3) is 0 Å². The van der Waals surface area contributed by atoms with Crippen LogP contribution < -0.4 is 4.90 Å². The van der Waals surface area contributed by atoms with E-state index in [1.165, 1.54) is 12.8 Å². The molecule has 0 radical (unpaired) electrons. The van der Waals surface area contributed by atoms with Gasteiger partial charge < -0.3 is 9.80 Å². The molecule has 4 heteroatoms. The zero-order chi connectivity index (χ0) is 13.8. The van der Waals surface area contributed by atoms with Crippen LogP contribution in [0, 0.1) is 5.92 Å². The van der Waals surface area contributed by atoms with E-state index in [9.17, 15) is 4.79 Å². The Kier molecular flexibility index (Phi) is 4.31. The zero-order valence-electron chi connectivity index (χ0n) is 12.1. The first-order valence-electron chi connectivity index (χ1n) is 7.85. The average molecular weight is 274 g/mol. The number of rotatable bonds is 3. The fourth-order valence-electron chi connectivity index (χ4n) is 3.40. The summed E-state index contributed by atoms with van der Waals surface area (Å²) >= 11 is 0. The monoisotopic (exact) mass is 274 g/mol. The lowest BCUT2D eigenvalue weighted by Gasteiger charge is -2.30. The maximum atomic E-state index is 12.4. The lowest BCUT2D eigenvalue weighted by molar-refractivity contribution is -0.919. The highest BCUT2D eigenvalue weighted by molar-refractivity contribution is 5.79. The molecule has 1 aromatic rings. The molecule has 20 heavy (non-hydrogen) atoms. The number of hydrogen-bond acceptors (Lipinski definition) is 2. The first kappa shape index (κ1) is 13.6. The lowest BCUT2D eigenvalue weighted by Crippen LogP contribution is -3.11. The first-order chi connectivity index (χ1) is 9.83. The normalized spacial score (nSPS) is 26.7. The van der Waals surface area contributed by atoms with Crippen molar-refractivity contribution >= 4 is 5.91 Å². The summed E-state index contributed by atoms with van der Waals surface area (Å²) in [5, 5.41) is 0. The van der Waals surface area contributed by atoms with Crippen LogP contribution in [0.5, 0.6) is 0 Å². The molecule has 0 bridgehead atoms. The fraction of sp³-hybridized carbons (Fsp3) is 0.625. The first-order valence-corrected chi connectivity index (χ1v) is 7.85. The van der Waals surface area contributed by atoms with Gasteiger partial charge in [-0.1, -0.05) is 6.07 Å². The van der Waals surface area contributed by atoms with Crippen molar-refractivity contribution in [2.45, 2.75) is 32.2 Å². The topological polar surface area (TPSA) is 37.6 Å². The molecule has 0 spiro atoms. The molecule has 0 aromatic carbocycles. The molecule has 108 valence electrons. The van der Waals surface area contributed by atoms with E-state index in [1.807, 2.05) is 18.3 Å². The van der Waals surface area contributed by atoms with Crippen LogP contribution in [0.2, 0.25) is 0 Å². The molecule has 0 unspecified atom stereocenters. The summed E-state index contributed by atoms with van der Waals surface area (Å²) in [5.41, 5.74) is 1.16. The van der Waals surface area contributed by atoms with Crippen molar-refractivity contribution < 1.29 is 9.69 Å². The number of carbonyl (C=O) groups excluding carboxylic acids is 1. The van der Waals surface area contributed by atoms with Crippen LogP contribution in [-0.4, -0.2) is 42.0 Å². The minimum Gasteiger partial charge on any atom is -0.342 e. The van der Waals surface area contributed by atoms with Crippen LogP contribution in [0.25, 0.3) is 0 Å². The standard InChI is InChI=1S/C16H23N3O/c20-16(19-9-3-4-10-19)14-6-11-18(12-7-14)13-15-5-1-2-8-17-15/h1-2,5,8,14H,3-4,6-7,9-13H2/p+1. The van der Waals surface area contributed by atoms with Crippen molar-refractivity contribution in [1.82, 2.24) is 9.88 Å². The van der Waals surface area contributed by atoms with Gasteiger partial charge in [-0.05, 0) is 25.0 Å². The Labute approximate surface area is 120 Å². The van der Waals surface area contributed by atoms with E-state index in [4.69, 9.17) is 0 Å². The maximum Gasteiger partial charge on any atom is 0.226 e. The van der Waals surface area contributed by atoms with E-state index in [0.717, 1.165) is 51.3 Å². The smallest absolute Gasteiger partial charge is 0.226 e. The molecule has 0 aliphatic carbocycles. The van der Waals surface area contributed by atoms with Gasteiger partial charge in [0, 0.05) is 38.0 Å². The molecule has 0 atom stereocenters. The number of nitrogens with one attached hydrogen (secondary N) is 1. The van der Waals surface area contributed by atoms with Crippen molar-refractivity contribution in [1.29, 1.82) is 0 Å². The number of carbonyl (C=O) groups is 1. The molecule has 1 aromatic heterocycles. The number of piperidine rings is 1. The van der Waals surface area contributed by atoms with Crippen LogP contribution in [-0.2, 0) is 11.3 Å². The molecule has 2 saturated heterocycles. The van der Waals surface area contributed by atoms with E-state index in [-0.39, 0.29) is 5.92 Å². The Morgan fingerprint density at radius 3 is 2.65 bits per heavy atom. The van der Waals surface area contributed by atoms with Crippen molar-refractivity contribution in [3.8, 4) is 0 Å². The van der Waals surface area contributed by atoms with Crippen LogP contribution in [0.3, 0.4) is 0 Å². The van der Waals surface area contributed by atoms with Gasteiger partial charge in [0.15, 0.2) is 0 Å². The lowest BCUT2D eigenvalue weighted by atomic mass is 9.95. The molecular formula is C16H24N3O+. The average Bonchev–Trinajstić information content (AvgIpc) is 3.03. The summed E-state index contributed by atoms with van der Waals surface area (Å²) in [6.07, 6.45) is 6.32. The van der Waals surface area contributed by atoms with Gasteiger partial charge in [-0.25, -0.2) is 0 Å². The minimum absolute atomic E-state index is 0.278. The van der Waals surface area contributed by atoms with Gasteiger partial charge in [0.1, 0.15) is 6.54 Å². The highest BCUT2D eigenvalue weighted by Gasteiger charge is 2.31. The minimum atomic E-state index is 0.278. The summed E-state index contributed by atoms with van der Waals surface area (Å²) < 4.78 is 0. The number of pyridine rings is 1. The van der Waals surface area contributed by atoms with E-state index < -0.39 is 0 Å². The van der Waals surface area contributed by atoms with Crippen molar-refractivity contribution in [3.05, 3.63) is 30.1 Å². The second-order valence-corrected chi connectivity index (χ2v) is 6.05. The number of amides is 1. The van der Waals surface area contributed by atoms with E-state index in [0.29, 0.717) is 5.91 Å². The Bertz CT molecular complexity index is 434. The zero-order valence-corrected chi connectivity index (χ0v) is 12.1. The number of nitrogens with zero attached hydrogens (tertiary/aromatic N) is 2. The summed E-state index contributed by atoms with van der Waals surface area (Å²) in [6, 6.07) is 6.10. The molecule has 2 fully saturated rings. The van der Waals surface area contributed by atoms with Crippen molar-refractivity contribution in [3.63, 3.8) is 0 Å². The molecule has 0 saturated carbocycles. The van der Waals surface area contributed by atoms with E-state index in [1.54, 1.807) is 4.90 Å². The van der Waals surface area contributed by atoms with E-state index in [2.05, 4.69) is 16.0 Å². The van der Waals surface area contributed by atoms with Gasteiger partial charge in [-0.15, -0.1) is 0 Å². The second-order valence-electron chi connectivity index (χ2n) is 6.05. The third-order valence-electron chi connectivity index (χ3n) is 4.62. The van der Waals surface area contributed by atoms with Gasteiger partial charge >= 0.3 is 0 Å². The number of quaternary nitrogens is 1. The summed E-state index contributed by atoms with van der Waals surface area (Å²) in [7, 11) is 0. The Balaban J connectivity index is 1.48. The van der Waals surface area contributed by atoms with Gasteiger partial charge in [0.05, 0.1) is 18.8 Å². The van der Waals surface area contributed by atoms with Crippen molar-refractivity contribution in [2.75, 3.05) is 26.2 Å². The quantitative estimate of drug-likeness (QED) is 0.871. The van der Waals surface area contributed by atoms with Gasteiger partial charge in [-0.2, -0.15) is 0 Å². The molecule has 2 aliphatic heterocycles. The van der Waals surface area contributed by atoms with Crippen LogP contribution in [0.1, 0.15) is 31.4 Å². The van der Waals surface area contributed by atoms with Gasteiger partial charge in [0.2, 0.25) is 5.91 Å². The number of hydrogen-bond donors (Lipinski definition) is 1. The molecule has 2 aliphatic rings. The highest BCUT2D eigenvalue weighted by Crippen LogP contribution is 2.17. The van der Waals surface area contributed by atoms with Crippen molar-refractivity contribution in [2.24, 2.45) is 5.92 Å². The largest absolute Gasteiger partial charge is 0.342 e. The predicted molar refractivity (Wildman–Crippen MR) is 77.2 cm³/mol. The third kappa shape index (κ3) is 3.18. The fourth-order valence-corrected chi connectivity index (χ4v) is 3.40. The van der Waals surface area contributed by atoms with Crippen LogP contribution in [0.15, 0.2) is 24.4 Å². The summed E-state index contributed by atoms with van der Waals surface area (Å²) in [6.45, 7) is 5.16. The highest BCUT2D eigenvalue weighted by atomic mass is 16.2. The molecular weight excluding hydrogens is 250 g/mol. The predicted octanol–water partition coefficient (Wildman–Crippen LogP) is 0.499. The SMILES string of the molecule is O=C(C1CC[NH+](Cc2ccccn2)CC1)N1CCCC1.